The maximum absolute atomic E-state index is 5.79. The van der Waals surface area contributed by atoms with Gasteiger partial charge in [-0.15, -0.1) is 0 Å². The van der Waals surface area contributed by atoms with Crippen LogP contribution >= 0.6 is 0 Å². The number of quaternary nitrogens is 1. The summed E-state index contributed by atoms with van der Waals surface area (Å²) in [5.41, 5.74) is -1.47. The third kappa shape index (κ3) is 7.76. The first kappa shape index (κ1) is 17.5. The van der Waals surface area contributed by atoms with Crippen LogP contribution in [-0.2, 0) is 14.5 Å². The van der Waals surface area contributed by atoms with Gasteiger partial charge in [0.25, 0.3) is 0 Å². The molecule has 0 heterocycles. The maximum Gasteiger partial charge on any atom is 0.225 e. The van der Waals surface area contributed by atoms with Gasteiger partial charge in [-0.25, -0.2) is 0 Å². The van der Waals surface area contributed by atoms with Crippen LogP contribution in [0.1, 0.15) is 62.3 Å². The van der Waals surface area contributed by atoms with Crippen LogP contribution in [0, 0.1) is 0 Å². The fourth-order valence-electron chi connectivity index (χ4n) is 1.18. The zero-order valence-electron chi connectivity index (χ0n) is 13.3. The third-order valence-corrected chi connectivity index (χ3v) is 1.34. The average Bonchev–Trinajstić information content (AvgIpc) is 1.93. The summed E-state index contributed by atoms with van der Waals surface area (Å²) < 4.78 is 0. The van der Waals surface area contributed by atoms with Crippen molar-refractivity contribution in [3.05, 3.63) is 0 Å². The Morgan fingerprint density at radius 1 is 0.667 bits per heavy atom. The van der Waals surface area contributed by atoms with Crippen LogP contribution in [0.3, 0.4) is 0 Å². The van der Waals surface area contributed by atoms with E-state index in [0.717, 1.165) is 0 Å². The minimum Gasteiger partial charge on any atom is -0.0971 e. The van der Waals surface area contributed by atoms with Crippen molar-refractivity contribution >= 4 is 6.72 Å². The number of hydrogen-bond donors (Lipinski definition) is 0. The number of rotatable bonds is 4. The number of hydrogen-bond acceptors (Lipinski definition) is 4. The minimum atomic E-state index is -0.740. The maximum atomic E-state index is 5.79. The SMILES string of the molecule is C=N[N+](OC(C)(C)C)(OC(C)(C)C)OC(C)(C)C. The highest BCUT2D eigenvalue weighted by Crippen LogP contribution is 2.29. The van der Waals surface area contributed by atoms with Crippen LogP contribution in [0.15, 0.2) is 5.10 Å². The summed E-state index contributed by atoms with van der Waals surface area (Å²) in [7, 11) is 0. The molecule has 5 heteroatoms. The van der Waals surface area contributed by atoms with Crippen LogP contribution in [0.25, 0.3) is 0 Å². The van der Waals surface area contributed by atoms with Crippen LogP contribution in [0.2, 0.25) is 0 Å². The van der Waals surface area contributed by atoms with Crippen molar-refractivity contribution in [1.29, 1.82) is 0 Å². The highest BCUT2D eigenvalue weighted by Gasteiger charge is 2.47. The van der Waals surface area contributed by atoms with Gasteiger partial charge in [0.05, 0.1) is 6.72 Å². The van der Waals surface area contributed by atoms with E-state index < -0.39 is 21.9 Å². The largest absolute Gasteiger partial charge is 0.225 e. The van der Waals surface area contributed by atoms with E-state index in [1.807, 2.05) is 62.3 Å². The zero-order valence-corrected chi connectivity index (χ0v) is 13.3. The van der Waals surface area contributed by atoms with Crippen molar-refractivity contribution in [1.82, 2.24) is 0 Å². The molecule has 18 heavy (non-hydrogen) atoms. The molecule has 0 aromatic heterocycles. The molecule has 0 unspecified atom stereocenters. The van der Waals surface area contributed by atoms with E-state index in [9.17, 15) is 0 Å². The quantitative estimate of drug-likeness (QED) is 0.441. The van der Waals surface area contributed by atoms with Gasteiger partial charge in [0.15, 0.2) is 0 Å². The van der Waals surface area contributed by atoms with E-state index in [2.05, 4.69) is 11.8 Å². The topological polar surface area (TPSA) is 40.0 Å². The first-order valence-electron chi connectivity index (χ1n) is 6.18. The van der Waals surface area contributed by atoms with E-state index in [0.29, 0.717) is 0 Å². The molecule has 0 spiro atoms. The monoisotopic (exact) mass is 261 g/mol. The Hall–Kier alpha value is -0.490. The van der Waals surface area contributed by atoms with Gasteiger partial charge < -0.3 is 0 Å². The van der Waals surface area contributed by atoms with Crippen LogP contribution in [0.5, 0.6) is 0 Å². The van der Waals surface area contributed by atoms with Crippen molar-refractivity contribution < 1.29 is 19.6 Å². The predicted octanol–water partition coefficient (Wildman–Crippen LogP) is 3.61. The van der Waals surface area contributed by atoms with E-state index in [4.69, 9.17) is 14.5 Å². The van der Waals surface area contributed by atoms with Gasteiger partial charge in [0, 0.05) is 5.10 Å². The molecule has 108 valence electrons. The molecule has 0 amide bonds. The Morgan fingerprint density at radius 3 is 1.00 bits per heavy atom. The minimum absolute atomic E-state index is 0.488. The molecule has 0 saturated carbocycles. The summed E-state index contributed by atoms with van der Waals surface area (Å²) in [6.07, 6.45) is 0. The van der Waals surface area contributed by atoms with Crippen LogP contribution in [0.4, 0.5) is 0 Å². The van der Waals surface area contributed by atoms with Crippen LogP contribution < -0.4 is 0 Å². The molecule has 0 N–H and O–H groups in total. The van der Waals surface area contributed by atoms with Gasteiger partial charge in [-0.2, -0.15) is 0 Å². The lowest BCUT2D eigenvalue weighted by Crippen LogP contribution is -2.54. The summed E-state index contributed by atoms with van der Waals surface area (Å²) in [5.74, 6) is 0. The summed E-state index contributed by atoms with van der Waals surface area (Å²) in [4.78, 5) is 17.4. The Balaban J connectivity index is 5.27. The van der Waals surface area contributed by atoms with Gasteiger partial charge in [-0.05, 0) is 62.3 Å². The second-order valence-corrected chi connectivity index (χ2v) is 7.22. The molecule has 0 fully saturated rings. The molecular weight excluding hydrogens is 232 g/mol. The van der Waals surface area contributed by atoms with Gasteiger partial charge in [0.2, 0.25) is 5.08 Å². The Morgan fingerprint density at radius 2 is 0.889 bits per heavy atom. The van der Waals surface area contributed by atoms with Gasteiger partial charge >= 0.3 is 0 Å². The van der Waals surface area contributed by atoms with E-state index >= 15 is 0 Å². The fraction of sp³-hybridized carbons (Fsp3) is 0.923. The molecule has 0 atom stereocenters. The molecule has 0 aliphatic carbocycles. The highest BCUT2D eigenvalue weighted by atomic mass is 17.2. The van der Waals surface area contributed by atoms with Crippen molar-refractivity contribution in [2.24, 2.45) is 5.10 Å². The van der Waals surface area contributed by atoms with Gasteiger partial charge in [-0.3, -0.25) is 0 Å². The van der Waals surface area contributed by atoms with Gasteiger partial charge in [-0.1, -0.05) is 14.5 Å². The first-order chi connectivity index (χ1) is 7.68. The summed E-state index contributed by atoms with van der Waals surface area (Å²) in [6, 6.07) is 0. The summed E-state index contributed by atoms with van der Waals surface area (Å²) in [6.45, 7) is 20.7. The predicted molar refractivity (Wildman–Crippen MR) is 72.3 cm³/mol. The molecule has 0 aliphatic rings. The molecule has 0 bridgehead atoms. The summed E-state index contributed by atoms with van der Waals surface area (Å²) >= 11 is 0. The first-order valence-corrected chi connectivity index (χ1v) is 6.18. The van der Waals surface area contributed by atoms with Crippen LogP contribution in [-0.4, -0.2) is 28.6 Å². The zero-order chi connectivity index (χ0) is 14.8. The van der Waals surface area contributed by atoms with Crippen molar-refractivity contribution in [2.45, 2.75) is 79.1 Å². The third-order valence-electron chi connectivity index (χ3n) is 1.34. The molecular formula is C13H29N2O3+. The number of nitrogens with zero attached hydrogens (tertiary/aromatic N) is 2. The van der Waals surface area contributed by atoms with E-state index in [-0.39, 0.29) is 0 Å². The molecule has 0 saturated heterocycles. The molecule has 0 rings (SSSR count). The molecule has 0 aliphatic heterocycles. The highest BCUT2D eigenvalue weighted by molar-refractivity contribution is 5.21. The Labute approximate surface area is 111 Å². The summed E-state index contributed by atoms with van der Waals surface area (Å²) in [5, 5.41) is 3.16. The van der Waals surface area contributed by atoms with Crippen molar-refractivity contribution in [3.8, 4) is 0 Å². The standard InChI is InChI=1S/C13H29N2O3/c1-11(2,3)16-15(14-10,17-12(4,5)6)18-13(7,8)9/h10H2,1-9H3/q+1. The lowest BCUT2D eigenvalue weighted by atomic mass is 10.2. The molecule has 5 nitrogen and oxygen atoms in total. The lowest BCUT2D eigenvalue weighted by molar-refractivity contribution is -1.39. The average molecular weight is 261 g/mol. The molecule has 0 aromatic carbocycles. The van der Waals surface area contributed by atoms with E-state index in [1.165, 1.54) is 0 Å². The molecule has 0 aromatic rings. The van der Waals surface area contributed by atoms with Gasteiger partial charge in [0.1, 0.15) is 16.8 Å². The second-order valence-electron chi connectivity index (χ2n) is 7.22. The van der Waals surface area contributed by atoms with Crippen molar-refractivity contribution in [3.63, 3.8) is 0 Å². The van der Waals surface area contributed by atoms with Crippen molar-refractivity contribution in [2.75, 3.05) is 0 Å². The smallest absolute Gasteiger partial charge is 0.0971 e. The Kier molecular flexibility index (Phi) is 5.11. The lowest BCUT2D eigenvalue weighted by Gasteiger charge is -2.35. The second kappa shape index (κ2) is 5.25. The fourth-order valence-corrected chi connectivity index (χ4v) is 1.18. The normalized spacial score (nSPS) is 14.7. The van der Waals surface area contributed by atoms with E-state index in [1.54, 1.807) is 0 Å². The molecule has 0 radical (unpaired) electrons. The Bertz CT molecular complexity index is 241.